The molecule has 0 saturated heterocycles. The molecule has 3 heteroatoms. The van der Waals surface area contributed by atoms with Crippen molar-refractivity contribution in [2.75, 3.05) is 18.5 Å². The molecule has 3 nitrogen and oxygen atoms in total. The van der Waals surface area contributed by atoms with Crippen molar-refractivity contribution in [3.63, 3.8) is 0 Å². The molecular formula is C16H25NO2. The third kappa shape index (κ3) is 6.85. The molecule has 1 aromatic carbocycles. The molecular weight excluding hydrogens is 238 g/mol. The van der Waals surface area contributed by atoms with Crippen LogP contribution in [0, 0.1) is 0 Å². The van der Waals surface area contributed by atoms with Crippen molar-refractivity contribution >= 4 is 11.7 Å². The molecule has 0 aliphatic heterocycles. The summed E-state index contributed by atoms with van der Waals surface area (Å²) in [6.07, 6.45) is 4.66. The van der Waals surface area contributed by atoms with Crippen LogP contribution < -0.4 is 5.32 Å². The normalized spacial score (nSPS) is 10.2. The van der Waals surface area contributed by atoms with Crippen molar-refractivity contribution in [3.05, 3.63) is 29.8 Å². The third-order valence-electron chi connectivity index (χ3n) is 3.05. The number of unbranched alkanes of at least 4 members (excludes halogenated alkanes) is 2. The van der Waals surface area contributed by atoms with E-state index < -0.39 is 0 Å². The maximum atomic E-state index is 11.1. The van der Waals surface area contributed by atoms with Crippen LogP contribution in [0.4, 0.5) is 5.69 Å². The maximum Gasteiger partial charge on any atom is 0.305 e. The summed E-state index contributed by atoms with van der Waals surface area (Å²) in [5.74, 6) is -0.0781. The molecule has 0 spiro atoms. The summed E-state index contributed by atoms with van der Waals surface area (Å²) in [4.78, 5) is 11.1. The van der Waals surface area contributed by atoms with E-state index in [4.69, 9.17) is 4.74 Å². The largest absolute Gasteiger partial charge is 0.466 e. The Balaban J connectivity index is 2.05. The fourth-order valence-corrected chi connectivity index (χ4v) is 1.90. The van der Waals surface area contributed by atoms with E-state index in [9.17, 15) is 4.79 Å². The molecule has 19 heavy (non-hydrogen) atoms. The monoisotopic (exact) mass is 263 g/mol. The van der Waals surface area contributed by atoms with Gasteiger partial charge in [0.05, 0.1) is 6.61 Å². The molecule has 0 aromatic heterocycles. The lowest BCUT2D eigenvalue weighted by Gasteiger charge is -2.07. The Morgan fingerprint density at radius 3 is 2.47 bits per heavy atom. The van der Waals surface area contributed by atoms with Gasteiger partial charge in [0.2, 0.25) is 0 Å². The van der Waals surface area contributed by atoms with Crippen LogP contribution in [-0.4, -0.2) is 19.1 Å². The van der Waals surface area contributed by atoms with Crippen LogP contribution in [0.25, 0.3) is 0 Å². The molecule has 0 heterocycles. The SMILES string of the molecule is CCOC(=O)CCCCCNc1ccc(CC)cc1. The number of nitrogens with one attached hydrogen (secondary N) is 1. The third-order valence-corrected chi connectivity index (χ3v) is 3.05. The number of rotatable bonds is 9. The summed E-state index contributed by atoms with van der Waals surface area (Å²) in [5, 5.41) is 3.39. The van der Waals surface area contributed by atoms with Crippen molar-refractivity contribution in [1.82, 2.24) is 0 Å². The molecule has 0 amide bonds. The Labute approximate surface area is 116 Å². The van der Waals surface area contributed by atoms with E-state index in [0.29, 0.717) is 13.0 Å². The first kappa shape index (κ1) is 15.5. The van der Waals surface area contributed by atoms with E-state index in [1.807, 2.05) is 6.92 Å². The average molecular weight is 263 g/mol. The average Bonchev–Trinajstić information content (AvgIpc) is 2.43. The van der Waals surface area contributed by atoms with Gasteiger partial charge < -0.3 is 10.1 Å². The number of carbonyl (C=O) groups excluding carboxylic acids is 1. The predicted octanol–water partition coefficient (Wildman–Crippen LogP) is 3.78. The zero-order chi connectivity index (χ0) is 13.9. The van der Waals surface area contributed by atoms with Crippen LogP contribution >= 0.6 is 0 Å². The minimum absolute atomic E-state index is 0.0781. The van der Waals surface area contributed by atoms with Gasteiger partial charge in [-0.05, 0) is 43.9 Å². The van der Waals surface area contributed by atoms with Crippen molar-refractivity contribution in [1.29, 1.82) is 0 Å². The lowest BCUT2D eigenvalue weighted by molar-refractivity contribution is -0.143. The summed E-state index contributed by atoms with van der Waals surface area (Å²) in [6.45, 7) is 5.43. The van der Waals surface area contributed by atoms with Crippen LogP contribution in [0.1, 0.15) is 45.1 Å². The van der Waals surface area contributed by atoms with Gasteiger partial charge in [-0.2, -0.15) is 0 Å². The highest BCUT2D eigenvalue weighted by atomic mass is 16.5. The number of hydrogen-bond acceptors (Lipinski definition) is 3. The maximum absolute atomic E-state index is 11.1. The lowest BCUT2D eigenvalue weighted by atomic mass is 10.1. The van der Waals surface area contributed by atoms with E-state index in [1.54, 1.807) is 0 Å². The molecule has 1 aromatic rings. The van der Waals surface area contributed by atoms with Gasteiger partial charge in [-0.15, -0.1) is 0 Å². The van der Waals surface area contributed by atoms with Gasteiger partial charge in [-0.3, -0.25) is 4.79 Å². The number of ether oxygens (including phenoxy) is 1. The Morgan fingerprint density at radius 1 is 1.11 bits per heavy atom. The summed E-state index contributed by atoms with van der Waals surface area (Å²) in [5.41, 5.74) is 2.53. The van der Waals surface area contributed by atoms with Gasteiger partial charge in [-0.1, -0.05) is 25.5 Å². The molecule has 0 aliphatic carbocycles. The zero-order valence-electron chi connectivity index (χ0n) is 12.1. The number of benzene rings is 1. The Hall–Kier alpha value is -1.51. The highest BCUT2D eigenvalue weighted by Gasteiger charge is 2.00. The summed E-state index contributed by atoms with van der Waals surface area (Å²) < 4.78 is 4.88. The second-order valence-corrected chi connectivity index (χ2v) is 4.59. The van der Waals surface area contributed by atoms with Crippen LogP contribution in [0.2, 0.25) is 0 Å². The van der Waals surface area contributed by atoms with Crippen LogP contribution in [0.15, 0.2) is 24.3 Å². The first-order valence-corrected chi connectivity index (χ1v) is 7.24. The van der Waals surface area contributed by atoms with E-state index >= 15 is 0 Å². The molecule has 0 saturated carbocycles. The van der Waals surface area contributed by atoms with E-state index in [-0.39, 0.29) is 5.97 Å². The van der Waals surface area contributed by atoms with E-state index in [2.05, 4.69) is 36.5 Å². The number of esters is 1. The summed E-state index contributed by atoms with van der Waals surface area (Å²) in [6, 6.07) is 8.56. The highest BCUT2D eigenvalue weighted by Crippen LogP contribution is 2.10. The van der Waals surface area contributed by atoms with E-state index in [0.717, 1.165) is 32.2 Å². The van der Waals surface area contributed by atoms with Gasteiger partial charge in [0.25, 0.3) is 0 Å². The Morgan fingerprint density at radius 2 is 1.84 bits per heavy atom. The molecule has 0 radical (unpaired) electrons. The van der Waals surface area contributed by atoms with Crippen LogP contribution in [0.5, 0.6) is 0 Å². The minimum atomic E-state index is -0.0781. The number of carbonyl (C=O) groups is 1. The fourth-order valence-electron chi connectivity index (χ4n) is 1.90. The molecule has 1 rings (SSSR count). The highest BCUT2D eigenvalue weighted by molar-refractivity contribution is 5.69. The summed E-state index contributed by atoms with van der Waals surface area (Å²) in [7, 11) is 0. The second-order valence-electron chi connectivity index (χ2n) is 4.59. The Bertz CT molecular complexity index is 360. The number of hydrogen-bond donors (Lipinski definition) is 1. The van der Waals surface area contributed by atoms with Gasteiger partial charge in [0.15, 0.2) is 0 Å². The molecule has 1 N–H and O–H groups in total. The van der Waals surface area contributed by atoms with Crippen LogP contribution in [-0.2, 0) is 16.0 Å². The molecule has 0 unspecified atom stereocenters. The van der Waals surface area contributed by atoms with Crippen LogP contribution in [0.3, 0.4) is 0 Å². The Kier molecular flexibility index (Phi) is 7.71. The number of anilines is 1. The first-order chi connectivity index (χ1) is 9.26. The fraction of sp³-hybridized carbons (Fsp3) is 0.562. The van der Waals surface area contributed by atoms with Gasteiger partial charge in [0.1, 0.15) is 0 Å². The van der Waals surface area contributed by atoms with Crippen molar-refractivity contribution in [2.24, 2.45) is 0 Å². The molecule has 0 atom stereocenters. The van der Waals surface area contributed by atoms with Crippen molar-refractivity contribution in [3.8, 4) is 0 Å². The smallest absolute Gasteiger partial charge is 0.305 e. The zero-order valence-corrected chi connectivity index (χ0v) is 12.1. The standard InChI is InChI=1S/C16H25NO2/c1-3-14-9-11-15(12-10-14)17-13-7-5-6-8-16(18)19-4-2/h9-12,17H,3-8,13H2,1-2H3. The predicted molar refractivity (Wildman–Crippen MR) is 79.4 cm³/mol. The topological polar surface area (TPSA) is 38.3 Å². The lowest BCUT2D eigenvalue weighted by Crippen LogP contribution is -2.05. The second kappa shape index (κ2) is 9.42. The first-order valence-electron chi connectivity index (χ1n) is 7.24. The van der Waals surface area contributed by atoms with Gasteiger partial charge in [0, 0.05) is 18.7 Å². The van der Waals surface area contributed by atoms with Crippen molar-refractivity contribution in [2.45, 2.75) is 46.0 Å². The quantitative estimate of drug-likeness (QED) is 0.544. The van der Waals surface area contributed by atoms with Gasteiger partial charge >= 0.3 is 5.97 Å². The van der Waals surface area contributed by atoms with E-state index in [1.165, 1.54) is 11.3 Å². The van der Waals surface area contributed by atoms with Gasteiger partial charge in [-0.25, -0.2) is 0 Å². The number of aryl methyl sites for hydroxylation is 1. The summed E-state index contributed by atoms with van der Waals surface area (Å²) >= 11 is 0. The molecule has 106 valence electrons. The molecule has 0 bridgehead atoms. The van der Waals surface area contributed by atoms with Crippen molar-refractivity contribution < 1.29 is 9.53 Å². The molecule has 0 fully saturated rings. The minimum Gasteiger partial charge on any atom is -0.466 e. The molecule has 0 aliphatic rings.